The summed E-state index contributed by atoms with van der Waals surface area (Å²) in [6.45, 7) is 4.05. The van der Waals surface area contributed by atoms with Gasteiger partial charge in [-0.3, -0.25) is 4.79 Å². The summed E-state index contributed by atoms with van der Waals surface area (Å²) in [5.41, 5.74) is 6.87. The second-order valence-corrected chi connectivity index (χ2v) is 8.11. The van der Waals surface area contributed by atoms with Crippen molar-refractivity contribution >= 4 is 33.7 Å². The molecule has 0 amide bonds. The summed E-state index contributed by atoms with van der Waals surface area (Å²) in [4.78, 5) is 15.9. The topological polar surface area (TPSA) is 58.4 Å². The highest BCUT2D eigenvalue weighted by Gasteiger charge is 2.34. The van der Waals surface area contributed by atoms with Crippen LogP contribution in [0.2, 0.25) is 0 Å². The van der Waals surface area contributed by atoms with E-state index in [9.17, 15) is 4.79 Å². The van der Waals surface area contributed by atoms with Crippen LogP contribution in [0.5, 0.6) is 0 Å². The highest BCUT2D eigenvalue weighted by atomic mass is 16.5. The zero-order valence-electron chi connectivity index (χ0n) is 16.7. The van der Waals surface area contributed by atoms with Crippen LogP contribution in [-0.4, -0.2) is 24.0 Å². The number of carbonyl (C=O) groups excluding carboxylic acids is 1. The molecule has 0 bridgehead atoms. The van der Waals surface area contributed by atoms with E-state index in [0.29, 0.717) is 16.9 Å². The smallest absolute Gasteiger partial charge is 0.196 e. The number of hydrogen-bond acceptors (Lipinski definition) is 5. The highest BCUT2D eigenvalue weighted by Crippen LogP contribution is 2.46. The van der Waals surface area contributed by atoms with Crippen LogP contribution in [0.4, 0.5) is 17.1 Å². The number of rotatable bonds is 3. The van der Waals surface area contributed by atoms with E-state index in [1.54, 1.807) is 0 Å². The van der Waals surface area contributed by atoms with Gasteiger partial charge in [0.1, 0.15) is 5.52 Å². The number of aromatic nitrogens is 1. The Morgan fingerprint density at radius 3 is 2.50 bits per heavy atom. The molecule has 3 aromatic carbocycles. The average molecular weight is 395 g/mol. The lowest BCUT2D eigenvalue weighted by Gasteiger charge is -2.23. The van der Waals surface area contributed by atoms with E-state index in [-0.39, 0.29) is 5.78 Å². The Morgan fingerprint density at radius 2 is 1.73 bits per heavy atom. The molecule has 1 aromatic heterocycles. The number of anilines is 3. The molecule has 0 saturated carbocycles. The summed E-state index contributed by atoms with van der Waals surface area (Å²) in [5, 5.41) is 8.75. The average Bonchev–Trinajstić information content (AvgIpc) is 3.45. The lowest BCUT2D eigenvalue weighted by Crippen LogP contribution is -2.19. The number of benzene rings is 3. The maximum atomic E-state index is 13.6. The lowest BCUT2D eigenvalue weighted by molar-refractivity contribution is 0.104. The summed E-state index contributed by atoms with van der Waals surface area (Å²) >= 11 is 0. The Kier molecular flexibility index (Phi) is 3.72. The van der Waals surface area contributed by atoms with Crippen molar-refractivity contribution < 1.29 is 9.32 Å². The van der Waals surface area contributed by atoms with E-state index in [0.717, 1.165) is 59.5 Å². The maximum absolute atomic E-state index is 13.6. The summed E-state index contributed by atoms with van der Waals surface area (Å²) in [5.74, 6) is 0.692. The Bertz CT molecular complexity index is 1300. The molecular weight excluding hydrogens is 374 g/mol. The third-order valence-electron chi connectivity index (χ3n) is 6.16. The molecule has 2 heterocycles. The number of carbonyl (C=O) groups is 1. The molecule has 5 heteroatoms. The molecule has 0 spiro atoms. The molecule has 6 rings (SSSR count). The molecule has 1 saturated heterocycles. The first-order chi connectivity index (χ1) is 14.7. The van der Waals surface area contributed by atoms with Gasteiger partial charge in [-0.05, 0) is 38.0 Å². The van der Waals surface area contributed by atoms with Crippen LogP contribution in [0.3, 0.4) is 0 Å². The lowest BCUT2D eigenvalue weighted by atomic mass is 9.86. The summed E-state index contributed by atoms with van der Waals surface area (Å²) in [7, 11) is 0. The van der Waals surface area contributed by atoms with Gasteiger partial charge in [0.25, 0.3) is 0 Å². The van der Waals surface area contributed by atoms with E-state index < -0.39 is 0 Å². The predicted molar refractivity (Wildman–Crippen MR) is 119 cm³/mol. The minimum atomic E-state index is 0.00823. The molecule has 0 unspecified atom stereocenters. The van der Waals surface area contributed by atoms with Gasteiger partial charge in [-0.15, -0.1) is 0 Å². The molecule has 0 radical (unpaired) electrons. The van der Waals surface area contributed by atoms with Crippen molar-refractivity contribution in [1.82, 2.24) is 5.16 Å². The number of nitrogens with one attached hydrogen (secondary N) is 1. The standard InChI is InChI=1S/C25H21N3O2/c1-15-8-10-16(11-9-15)26-19-14-20(28-12-4-5-13-28)23-22-21(19)24(29)17-6-2-3-7-18(17)25(22)30-27-23/h2-3,6-11,14,26H,4-5,12-13H2,1H3. The van der Waals surface area contributed by atoms with Crippen LogP contribution in [-0.2, 0) is 0 Å². The second-order valence-electron chi connectivity index (χ2n) is 8.11. The minimum absolute atomic E-state index is 0.00823. The molecule has 2 aliphatic rings. The van der Waals surface area contributed by atoms with Gasteiger partial charge >= 0.3 is 0 Å². The molecule has 1 fully saturated rings. The van der Waals surface area contributed by atoms with Crippen molar-refractivity contribution in [2.24, 2.45) is 0 Å². The van der Waals surface area contributed by atoms with Gasteiger partial charge in [-0.1, -0.05) is 47.1 Å². The third kappa shape index (κ3) is 2.48. The fraction of sp³-hybridized carbons (Fsp3) is 0.200. The van der Waals surface area contributed by atoms with Crippen molar-refractivity contribution in [3.8, 4) is 11.3 Å². The van der Waals surface area contributed by atoms with Crippen molar-refractivity contribution in [2.45, 2.75) is 19.8 Å². The Morgan fingerprint density at radius 1 is 1.00 bits per heavy atom. The summed E-state index contributed by atoms with van der Waals surface area (Å²) < 4.78 is 5.84. The number of ketones is 1. The number of nitrogens with zero attached hydrogens (tertiary/aromatic N) is 2. The largest absolute Gasteiger partial charge is 0.370 e. The predicted octanol–water partition coefficient (Wildman–Crippen LogP) is 5.69. The molecule has 1 aliphatic heterocycles. The van der Waals surface area contributed by atoms with Crippen LogP contribution in [0, 0.1) is 6.92 Å². The van der Waals surface area contributed by atoms with E-state index >= 15 is 0 Å². The van der Waals surface area contributed by atoms with Gasteiger partial charge in [0.15, 0.2) is 11.5 Å². The number of aryl methyl sites for hydroxylation is 1. The maximum Gasteiger partial charge on any atom is 0.196 e. The Labute approximate surface area is 174 Å². The summed E-state index contributed by atoms with van der Waals surface area (Å²) in [6.07, 6.45) is 2.33. The first kappa shape index (κ1) is 17.3. The van der Waals surface area contributed by atoms with Crippen molar-refractivity contribution in [3.63, 3.8) is 0 Å². The molecule has 0 atom stereocenters. The van der Waals surface area contributed by atoms with Crippen LogP contribution >= 0.6 is 0 Å². The molecule has 148 valence electrons. The summed E-state index contributed by atoms with van der Waals surface area (Å²) in [6, 6.07) is 17.9. The van der Waals surface area contributed by atoms with Crippen molar-refractivity contribution in [1.29, 1.82) is 0 Å². The van der Waals surface area contributed by atoms with E-state index in [4.69, 9.17) is 4.52 Å². The molecule has 4 aromatic rings. The fourth-order valence-corrected chi connectivity index (χ4v) is 4.63. The van der Waals surface area contributed by atoms with Crippen LogP contribution in [0.1, 0.15) is 34.3 Å². The van der Waals surface area contributed by atoms with Gasteiger partial charge in [0.2, 0.25) is 0 Å². The van der Waals surface area contributed by atoms with Crippen LogP contribution in [0.15, 0.2) is 59.1 Å². The first-order valence-electron chi connectivity index (χ1n) is 10.4. The SMILES string of the molecule is Cc1ccc(Nc2cc(N3CCCC3)c3noc4c3c2C(=O)c2ccccc2-4)cc1. The third-order valence-corrected chi connectivity index (χ3v) is 6.16. The van der Waals surface area contributed by atoms with Crippen LogP contribution in [0.25, 0.3) is 22.2 Å². The monoisotopic (exact) mass is 395 g/mol. The second kappa shape index (κ2) is 6.46. The van der Waals surface area contributed by atoms with E-state index in [2.05, 4.69) is 40.5 Å². The zero-order chi connectivity index (χ0) is 20.2. The first-order valence-corrected chi connectivity index (χ1v) is 10.4. The van der Waals surface area contributed by atoms with Crippen molar-refractivity contribution in [3.05, 3.63) is 71.3 Å². The van der Waals surface area contributed by atoms with Crippen molar-refractivity contribution in [2.75, 3.05) is 23.3 Å². The molecule has 5 nitrogen and oxygen atoms in total. The Balaban J connectivity index is 1.63. The normalized spacial score (nSPS) is 15.0. The number of hydrogen-bond donors (Lipinski definition) is 1. The van der Waals surface area contributed by atoms with E-state index in [1.807, 2.05) is 36.4 Å². The van der Waals surface area contributed by atoms with Gasteiger partial charge < -0.3 is 14.7 Å². The Hall–Kier alpha value is -3.60. The van der Waals surface area contributed by atoms with Gasteiger partial charge in [-0.2, -0.15) is 0 Å². The molecular formula is C25H21N3O2. The molecule has 1 N–H and O–H groups in total. The van der Waals surface area contributed by atoms with E-state index in [1.165, 1.54) is 5.56 Å². The zero-order valence-corrected chi connectivity index (χ0v) is 16.7. The van der Waals surface area contributed by atoms with Gasteiger partial charge in [0.05, 0.1) is 22.3 Å². The highest BCUT2D eigenvalue weighted by molar-refractivity contribution is 6.28. The van der Waals surface area contributed by atoms with Gasteiger partial charge in [0, 0.05) is 29.9 Å². The fourth-order valence-electron chi connectivity index (χ4n) is 4.63. The number of fused-ring (bicyclic) bond motifs is 2. The molecule has 30 heavy (non-hydrogen) atoms. The van der Waals surface area contributed by atoms with Crippen LogP contribution < -0.4 is 10.2 Å². The van der Waals surface area contributed by atoms with Gasteiger partial charge in [-0.25, -0.2) is 0 Å². The molecule has 1 aliphatic carbocycles. The quantitative estimate of drug-likeness (QED) is 0.425. The minimum Gasteiger partial charge on any atom is -0.370 e.